The fourth-order valence-electron chi connectivity index (χ4n) is 3.23. The predicted octanol–water partition coefficient (Wildman–Crippen LogP) is 3.81. The Hall–Kier alpha value is -1.76. The standard InChI is InChI=1S/C20H25ClN2O3S/c1-3-16-5-8-18(9-6-16)22-11-13-23(14-12-22)27(24,25)20-15-17(21)7-10-19(20)26-4-2/h5-10,15H,3-4,11-14H2,1-2H3. The first-order chi connectivity index (χ1) is 13.0. The summed E-state index contributed by atoms with van der Waals surface area (Å²) in [6.45, 7) is 6.50. The first kappa shape index (κ1) is 20.0. The van der Waals surface area contributed by atoms with Crippen molar-refractivity contribution >= 4 is 27.3 Å². The second-order valence-corrected chi connectivity index (χ2v) is 8.78. The Morgan fingerprint density at radius 3 is 2.26 bits per heavy atom. The maximum absolute atomic E-state index is 13.1. The normalized spacial score (nSPS) is 15.7. The summed E-state index contributed by atoms with van der Waals surface area (Å²) in [5.41, 5.74) is 2.42. The average molecular weight is 409 g/mol. The first-order valence-corrected chi connectivity index (χ1v) is 11.0. The molecule has 0 spiro atoms. The van der Waals surface area contributed by atoms with Gasteiger partial charge in [-0.3, -0.25) is 0 Å². The molecule has 2 aromatic rings. The Morgan fingerprint density at radius 2 is 1.67 bits per heavy atom. The zero-order chi connectivity index (χ0) is 19.4. The van der Waals surface area contributed by atoms with Crippen molar-refractivity contribution in [3.05, 3.63) is 53.1 Å². The number of sulfonamides is 1. The van der Waals surface area contributed by atoms with Gasteiger partial charge in [0.2, 0.25) is 10.0 Å². The fraction of sp³-hybridized carbons (Fsp3) is 0.400. The molecular weight excluding hydrogens is 384 g/mol. The van der Waals surface area contributed by atoms with Gasteiger partial charge >= 0.3 is 0 Å². The zero-order valence-corrected chi connectivity index (χ0v) is 17.3. The van der Waals surface area contributed by atoms with Crippen molar-refractivity contribution in [1.29, 1.82) is 0 Å². The SMILES string of the molecule is CCOc1ccc(Cl)cc1S(=O)(=O)N1CCN(c2ccc(CC)cc2)CC1. The lowest BCUT2D eigenvalue weighted by atomic mass is 10.1. The van der Waals surface area contributed by atoms with Gasteiger partial charge in [-0.25, -0.2) is 8.42 Å². The molecule has 0 radical (unpaired) electrons. The van der Waals surface area contributed by atoms with Crippen molar-refractivity contribution < 1.29 is 13.2 Å². The summed E-state index contributed by atoms with van der Waals surface area (Å²) in [5.74, 6) is 0.347. The monoisotopic (exact) mass is 408 g/mol. The van der Waals surface area contributed by atoms with Gasteiger partial charge in [-0.05, 0) is 49.2 Å². The molecule has 7 heteroatoms. The molecule has 3 rings (SSSR count). The van der Waals surface area contributed by atoms with Crippen molar-refractivity contribution in [1.82, 2.24) is 4.31 Å². The van der Waals surface area contributed by atoms with Gasteiger partial charge in [-0.1, -0.05) is 30.7 Å². The lowest BCUT2D eigenvalue weighted by Crippen LogP contribution is -2.48. The van der Waals surface area contributed by atoms with E-state index in [1.807, 2.05) is 6.92 Å². The number of aryl methyl sites for hydroxylation is 1. The molecule has 1 heterocycles. The third-order valence-electron chi connectivity index (χ3n) is 4.77. The quantitative estimate of drug-likeness (QED) is 0.729. The summed E-state index contributed by atoms with van der Waals surface area (Å²) in [5, 5.41) is 0.381. The van der Waals surface area contributed by atoms with Crippen LogP contribution in [0.25, 0.3) is 0 Å². The summed E-state index contributed by atoms with van der Waals surface area (Å²) in [7, 11) is -3.66. The van der Waals surface area contributed by atoms with Gasteiger partial charge in [0.1, 0.15) is 10.6 Å². The highest BCUT2D eigenvalue weighted by Gasteiger charge is 2.31. The van der Waals surface area contributed by atoms with Gasteiger partial charge < -0.3 is 9.64 Å². The number of anilines is 1. The van der Waals surface area contributed by atoms with Crippen molar-refractivity contribution in [3.8, 4) is 5.75 Å². The Kier molecular flexibility index (Phi) is 6.29. The molecule has 5 nitrogen and oxygen atoms in total. The highest BCUT2D eigenvalue weighted by Crippen LogP contribution is 2.31. The summed E-state index contributed by atoms with van der Waals surface area (Å²) in [6.07, 6.45) is 1.01. The Balaban J connectivity index is 1.75. The number of hydrogen-bond donors (Lipinski definition) is 0. The maximum atomic E-state index is 13.1. The summed E-state index contributed by atoms with van der Waals surface area (Å²) < 4.78 is 33.3. The number of benzene rings is 2. The van der Waals surface area contributed by atoms with Gasteiger partial charge in [-0.15, -0.1) is 0 Å². The number of nitrogens with zero attached hydrogens (tertiary/aromatic N) is 2. The number of hydrogen-bond acceptors (Lipinski definition) is 4. The highest BCUT2D eigenvalue weighted by atomic mass is 35.5. The molecule has 0 atom stereocenters. The van der Waals surface area contributed by atoms with Crippen LogP contribution in [0.4, 0.5) is 5.69 Å². The van der Waals surface area contributed by atoms with Gasteiger partial charge in [0.05, 0.1) is 6.61 Å². The lowest BCUT2D eigenvalue weighted by Gasteiger charge is -2.35. The van der Waals surface area contributed by atoms with Crippen LogP contribution in [-0.4, -0.2) is 45.5 Å². The van der Waals surface area contributed by atoms with Crippen LogP contribution in [0.15, 0.2) is 47.4 Å². The van der Waals surface area contributed by atoms with Gasteiger partial charge in [0, 0.05) is 36.9 Å². The smallest absolute Gasteiger partial charge is 0.246 e. The van der Waals surface area contributed by atoms with E-state index in [1.54, 1.807) is 12.1 Å². The van der Waals surface area contributed by atoms with E-state index >= 15 is 0 Å². The third kappa shape index (κ3) is 4.39. The van der Waals surface area contributed by atoms with Crippen LogP contribution < -0.4 is 9.64 Å². The van der Waals surface area contributed by atoms with E-state index in [2.05, 4.69) is 36.1 Å². The fourth-order valence-corrected chi connectivity index (χ4v) is 5.04. The molecule has 0 aliphatic carbocycles. The second-order valence-electron chi connectivity index (χ2n) is 6.44. The molecule has 2 aromatic carbocycles. The molecule has 27 heavy (non-hydrogen) atoms. The second kappa shape index (κ2) is 8.50. The molecule has 0 saturated carbocycles. The zero-order valence-electron chi connectivity index (χ0n) is 15.7. The summed E-state index contributed by atoms with van der Waals surface area (Å²) >= 11 is 6.04. The van der Waals surface area contributed by atoms with Crippen LogP contribution in [0, 0.1) is 0 Å². The number of halogens is 1. The van der Waals surface area contributed by atoms with E-state index < -0.39 is 10.0 Å². The van der Waals surface area contributed by atoms with Crippen LogP contribution >= 0.6 is 11.6 Å². The Morgan fingerprint density at radius 1 is 1.00 bits per heavy atom. The molecule has 0 aromatic heterocycles. The molecule has 0 bridgehead atoms. The van der Waals surface area contributed by atoms with Crippen molar-refractivity contribution in [2.75, 3.05) is 37.7 Å². The molecule has 1 aliphatic rings. The minimum Gasteiger partial charge on any atom is -0.492 e. The topological polar surface area (TPSA) is 49.9 Å². The van der Waals surface area contributed by atoms with Crippen LogP contribution in [-0.2, 0) is 16.4 Å². The molecule has 1 fully saturated rings. The molecule has 0 N–H and O–H groups in total. The first-order valence-electron chi connectivity index (χ1n) is 9.22. The van der Waals surface area contributed by atoms with E-state index in [0.717, 1.165) is 12.1 Å². The third-order valence-corrected chi connectivity index (χ3v) is 6.93. The van der Waals surface area contributed by atoms with E-state index in [4.69, 9.17) is 16.3 Å². The van der Waals surface area contributed by atoms with Crippen molar-refractivity contribution in [2.45, 2.75) is 25.2 Å². The maximum Gasteiger partial charge on any atom is 0.246 e. The molecular formula is C20H25ClN2O3S. The van der Waals surface area contributed by atoms with Gasteiger partial charge in [-0.2, -0.15) is 4.31 Å². The van der Waals surface area contributed by atoms with Crippen LogP contribution in [0.2, 0.25) is 5.02 Å². The average Bonchev–Trinajstić information content (AvgIpc) is 2.69. The van der Waals surface area contributed by atoms with Crippen LogP contribution in [0.5, 0.6) is 5.75 Å². The molecule has 1 aliphatic heterocycles. The van der Waals surface area contributed by atoms with Gasteiger partial charge in [0.15, 0.2) is 0 Å². The molecule has 146 valence electrons. The van der Waals surface area contributed by atoms with Gasteiger partial charge in [0.25, 0.3) is 0 Å². The van der Waals surface area contributed by atoms with E-state index in [0.29, 0.717) is 43.6 Å². The number of ether oxygens (including phenoxy) is 1. The highest BCUT2D eigenvalue weighted by molar-refractivity contribution is 7.89. The molecule has 0 amide bonds. The number of piperazine rings is 1. The Bertz CT molecular complexity index is 877. The summed E-state index contributed by atoms with van der Waals surface area (Å²) in [6, 6.07) is 13.2. The van der Waals surface area contributed by atoms with Crippen LogP contribution in [0.1, 0.15) is 19.4 Å². The van der Waals surface area contributed by atoms with Crippen molar-refractivity contribution in [2.24, 2.45) is 0 Å². The predicted molar refractivity (Wildman–Crippen MR) is 109 cm³/mol. The largest absolute Gasteiger partial charge is 0.492 e. The summed E-state index contributed by atoms with van der Waals surface area (Å²) in [4.78, 5) is 2.35. The minimum atomic E-state index is -3.66. The minimum absolute atomic E-state index is 0.137. The van der Waals surface area contributed by atoms with E-state index in [-0.39, 0.29) is 4.90 Å². The molecule has 1 saturated heterocycles. The Labute approximate surface area is 166 Å². The van der Waals surface area contributed by atoms with Crippen molar-refractivity contribution in [3.63, 3.8) is 0 Å². The molecule has 0 unspecified atom stereocenters. The number of rotatable bonds is 6. The lowest BCUT2D eigenvalue weighted by molar-refractivity contribution is 0.327. The van der Waals surface area contributed by atoms with Crippen LogP contribution in [0.3, 0.4) is 0 Å². The van der Waals surface area contributed by atoms with E-state index in [1.165, 1.54) is 15.9 Å². The van der Waals surface area contributed by atoms with E-state index in [9.17, 15) is 8.42 Å².